The molecular weight excluding hydrogens is 234 g/mol. The van der Waals surface area contributed by atoms with Gasteiger partial charge in [-0.15, -0.1) is 0 Å². The van der Waals surface area contributed by atoms with E-state index in [2.05, 4.69) is 15.3 Å². The van der Waals surface area contributed by atoms with Gasteiger partial charge in [0.05, 0.1) is 10.8 Å². The van der Waals surface area contributed by atoms with E-state index in [1.807, 2.05) is 19.9 Å². The van der Waals surface area contributed by atoms with Crippen LogP contribution in [-0.2, 0) is 10.8 Å². The molecule has 1 aromatic rings. The summed E-state index contributed by atoms with van der Waals surface area (Å²) in [5, 5.41) is 3.88. The highest BCUT2D eigenvalue weighted by molar-refractivity contribution is 7.84. The average Bonchev–Trinajstić information content (AvgIpc) is 2.29. The maximum Gasteiger partial charge on any atom is 0.218 e. The van der Waals surface area contributed by atoms with Crippen molar-refractivity contribution in [1.82, 2.24) is 15.3 Å². The summed E-state index contributed by atoms with van der Waals surface area (Å²) in [6.45, 7) is 4.86. The summed E-state index contributed by atoms with van der Waals surface area (Å²) in [6, 6.07) is 2.26. The number of rotatable bonds is 3. The lowest BCUT2D eigenvalue weighted by Gasteiger charge is -2.22. The minimum Gasteiger partial charge on any atom is -0.313 e. The first kappa shape index (κ1) is 12.6. The fraction of sp³-hybridized carbons (Fsp3) is 0.667. The molecular formula is C12H19N3OS. The van der Waals surface area contributed by atoms with E-state index >= 15 is 0 Å². The van der Waals surface area contributed by atoms with E-state index in [0.29, 0.717) is 17.0 Å². The van der Waals surface area contributed by atoms with E-state index in [1.54, 1.807) is 0 Å². The topological polar surface area (TPSA) is 54.9 Å². The van der Waals surface area contributed by atoms with Crippen molar-refractivity contribution in [2.45, 2.75) is 44.3 Å². The third-order valence-corrected chi connectivity index (χ3v) is 4.23. The number of aromatic nitrogens is 2. The van der Waals surface area contributed by atoms with Crippen LogP contribution < -0.4 is 5.32 Å². The maximum absolute atomic E-state index is 12.2. The second-order valence-corrected chi connectivity index (χ2v) is 5.98. The highest BCUT2D eigenvalue weighted by Crippen LogP contribution is 2.11. The van der Waals surface area contributed by atoms with Crippen LogP contribution in [0.15, 0.2) is 11.2 Å². The van der Waals surface area contributed by atoms with Gasteiger partial charge in [-0.1, -0.05) is 6.42 Å². The van der Waals surface area contributed by atoms with Crippen LogP contribution in [0.4, 0.5) is 0 Å². The Morgan fingerprint density at radius 2 is 2.06 bits per heavy atom. The van der Waals surface area contributed by atoms with Gasteiger partial charge in [0.15, 0.2) is 0 Å². The number of aryl methyl sites for hydroxylation is 2. The molecule has 0 saturated carbocycles. The molecule has 2 heterocycles. The van der Waals surface area contributed by atoms with Crippen molar-refractivity contribution in [3.8, 4) is 0 Å². The van der Waals surface area contributed by atoms with E-state index in [4.69, 9.17) is 0 Å². The SMILES string of the molecule is Cc1cc(C)nc(S(=O)CC2CCCCN2)n1. The van der Waals surface area contributed by atoms with Gasteiger partial charge >= 0.3 is 0 Å². The number of piperidine rings is 1. The molecule has 1 N–H and O–H groups in total. The molecule has 0 aromatic carbocycles. The van der Waals surface area contributed by atoms with E-state index in [0.717, 1.165) is 24.4 Å². The Kier molecular flexibility index (Phi) is 4.23. The lowest BCUT2D eigenvalue weighted by Crippen LogP contribution is -2.38. The molecule has 1 aromatic heterocycles. The lowest BCUT2D eigenvalue weighted by atomic mass is 10.1. The van der Waals surface area contributed by atoms with Gasteiger partial charge in [0, 0.05) is 23.2 Å². The van der Waals surface area contributed by atoms with Crippen LogP contribution in [0.2, 0.25) is 0 Å². The van der Waals surface area contributed by atoms with Crippen LogP contribution in [0.5, 0.6) is 0 Å². The number of nitrogens with zero attached hydrogens (tertiary/aromatic N) is 2. The molecule has 1 aliphatic rings. The molecule has 2 atom stereocenters. The van der Waals surface area contributed by atoms with Crippen molar-refractivity contribution >= 4 is 10.8 Å². The second kappa shape index (κ2) is 5.69. The summed E-state index contributed by atoms with van der Waals surface area (Å²) in [7, 11) is -1.09. The molecule has 0 spiro atoms. The van der Waals surface area contributed by atoms with Gasteiger partial charge < -0.3 is 5.32 Å². The Labute approximate surface area is 105 Å². The van der Waals surface area contributed by atoms with E-state index in [9.17, 15) is 4.21 Å². The largest absolute Gasteiger partial charge is 0.313 e. The zero-order chi connectivity index (χ0) is 12.3. The molecule has 2 rings (SSSR count). The minimum absolute atomic E-state index is 0.356. The van der Waals surface area contributed by atoms with E-state index in [1.165, 1.54) is 12.8 Å². The van der Waals surface area contributed by atoms with Crippen molar-refractivity contribution in [2.75, 3.05) is 12.3 Å². The standard InChI is InChI=1S/C12H19N3OS/c1-9-7-10(2)15-12(14-9)17(16)8-11-5-3-4-6-13-11/h7,11,13H,3-6,8H2,1-2H3. The van der Waals surface area contributed by atoms with Crippen molar-refractivity contribution in [1.29, 1.82) is 0 Å². The van der Waals surface area contributed by atoms with Crippen molar-refractivity contribution in [3.63, 3.8) is 0 Å². The molecule has 4 nitrogen and oxygen atoms in total. The summed E-state index contributed by atoms with van der Waals surface area (Å²) in [5.74, 6) is 0.628. The van der Waals surface area contributed by atoms with Crippen LogP contribution in [-0.4, -0.2) is 32.5 Å². The second-order valence-electron chi connectivity index (χ2n) is 4.59. The number of nitrogens with one attached hydrogen (secondary N) is 1. The molecule has 0 aliphatic carbocycles. The average molecular weight is 253 g/mol. The Hall–Kier alpha value is -0.810. The van der Waals surface area contributed by atoms with Gasteiger partial charge in [0.25, 0.3) is 0 Å². The van der Waals surface area contributed by atoms with Crippen molar-refractivity contribution in [2.24, 2.45) is 0 Å². The maximum atomic E-state index is 12.2. The molecule has 2 unspecified atom stereocenters. The van der Waals surface area contributed by atoms with Crippen LogP contribution in [0.3, 0.4) is 0 Å². The fourth-order valence-corrected chi connectivity index (χ4v) is 3.41. The van der Waals surface area contributed by atoms with Gasteiger partial charge in [0.1, 0.15) is 0 Å². The van der Waals surface area contributed by atoms with Crippen LogP contribution >= 0.6 is 0 Å². The van der Waals surface area contributed by atoms with Gasteiger partial charge in [-0.25, -0.2) is 9.97 Å². The van der Waals surface area contributed by atoms with E-state index < -0.39 is 10.8 Å². The van der Waals surface area contributed by atoms with Gasteiger partial charge in [-0.3, -0.25) is 4.21 Å². The summed E-state index contributed by atoms with van der Waals surface area (Å²) >= 11 is 0. The Morgan fingerprint density at radius 1 is 1.35 bits per heavy atom. The van der Waals surface area contributed by atoms with Gasteiger partial charge in [-0.05, 0) is 39.3 Å². The third kappa shape index (κ3) is 3.57. The van der Waals surface area contributed by atoms with Crippen LogP contribution in [0, 0.1) is 13.8 Å². The van der Waals surface area contributed by atoms with Crippen LogP contribution in [0.1, 0.15) is 30.7 Å². The third-order valence-electron chi connectivity index (χ3n) is 2.93. The zero-order valence-corrected chi connectivity index (χ0v) is 11.2. The number of hydrogen-bond acceptors (Lipinski definition) is 4. The highest BCUT2D eigenvalue weighted by Gasteiger charge is 2.18. The van der Waals surface area contributed by atoms with Crippen LogP contribution in [0.25, 0.3) is 0 Å². The molecule has 1 fully saturated rings. The van der Waals surface area contributed by atoms with Crippen molar-refractivity contribution < 1.29 is 4.21 Å². The Bertz CT molecular complexity index is 396. The van der Waals surface area contributed by atoms with Gasteiger partial charge in [-0.2, -0.15) is 0 Å². The number of hydrogen-bond donors (Lipinski definition) is 1. The quantitative estimate of drug-likeness (QED) is 0.826. The molecule has 1 saturated heterocycles. The predicted octanol–water partition coefficient (Wildman–Crippen LogP) is 1.34. The normalized spacial score (nSPS) is 22.4. The highest BCUT2D eigenvalue weighted by atomic mass is 32.2. The van der Waals surface area contributed by atoms with E-state index in [-0.39, 0.29) is 0 Å². The minimum atomic E-state index is -1.09. The monoisotopic (exact) mass is 253 g/mol. The fourth-order valence-electron chi connectivity index (χ4n) is 2.12. The first-order valence-corrected chi connectivity index (χ1v) is 7.41. The summed E-state index contributed by atoms with van der Waals surface area (Å²) in [5.41, 5.74) is 1.77. The predicted molar refractivity (Wildman–Crippen MR) is 68.4 cm³/mol. The zero-order valence-electron chi connectivity index (χ0n) is 10.4. The first-order valence-electron chi connectivity index (χ1n) is 6.09. The molecule has 5 heteroatoms. The molecule has 1 aliphatic heterocycles. The Balaban J connectivity index is 2.03. The summed E-state index contributed by atoms with van der Waals surface area (Å²) in [6.07, 6.45) is 3.56. The Morgan fingerprint density at radius 3 is 2.65 bits per heavy atom. The van der Waals surface area contributed by atoms with Gasteiger partial charge in [0.2, 0.25) is 5.16 Å². The smallest absolute Gasteiger partial charge is 0.218 e. The molecule has 17 heavy (non-hydrogen) atoms. The molecule has 0 bridgehead atoms. The molecule has 0 amide bonds. The first-order chi connectivity index (χ1) is 8.15. The summed E-state index contributed by atoms with van der Waals surface area (Å²) in [4.78, 5) is 8.52. The molecule has 0 radical (unpaired) electrons. The molecule has 94 valence electrons. The lowest BCUT2D eigenvalue weighted by molar-refractivity contribution is 0.427. The summed E-state index contributed by atoms with van der Waals surface area (Å²) < 4.78 is 12.2. The van der Waals surface area contributed by atoms with Crippen molar-refractivity contribution in [3.05, 3.63) is 17.5 Å².